The molecule has 1 fully saturated rings. The van der Waals surface area contributed by atoms with E-state index in [0.29, 0.717) is 0 Å². The highest BCUT2D eigenvalue weighted by molar-refractivity contribution is 5.89. The minimum absolute atomic E-state index is 0.0696. The van der Waals surface area contributed by atoms with Crippen molar-refractivity contribution in [2.75, 3.05) is 31.6 Å². The zero-order chi connectivity index (χ0) is 19.5. The van der Waals surface area contributed by atoms with Gasteiger partial charge in [-0.3, -0.25) is 9.69 Å². The first-order chi connectivity index (χ1) is 13.6. The molecule has 0 aliphatic carbocycles. The largest absolute Gasteiger partial charge is 0.379 e. The van der Waals surface area contributed by atoms with Crippen molar-refractivity contribution in [2.24, 2.45) is 0 Å². The number of amides is 1. The number of hydrogen-bond acceptors (Lipinski definition) is 4. The van der Waals surface area contributed by atoms with Crippen LogP contribution in [-0.2, 0) is 16.1 Å². The second-order valence-electron chi connectivity index (χ2n) is 7.33. The van der Waals surface area contributed by atoms with E-state index in [1.807, 2.05) is 24.3 Å². The Labute approximate surface area is 165 Å². The van der Waals surface area contributed by atoms with Gasteiger partial charge >= 0.3 is 0 Å². The lowest BCUT2D eigenvalue weighted by Crippen LogP contribution is -2.35. The summed E-state index contributed by atoms with van der Waals surface area (Å²) in [5, 5.41) is 4.01. The number of fused-ring (bicyclic) bond motifs is 1. The summed E-state index contributed by atoms with van der Waals surface area (Å²) in [5.41, 5.74) is 6.30. The molecule has 2 aromatic carbocycles. The zero-order valence-corrected chi connectivity index (χ0v) is 16.4. The highest BCUT2D eigenvalue weighted by Crippen LogP contribution is 2.27. The topological polar surface area (TPSA) is 54.5 Å². The number of nitrogens with zero attached hydrogens (tertiary/aromatic N) is 2. The summed E-state index contributed by atoms with van der Waals surface area (Å²) in [5.74, 6) is -0.0696. The van der Waals surface area contributed by atoms with Crippen molar-refractivity contribution in [1.82, 2.24) is 9.88 Å². The van der Waals surface area contributed by atoms with Gasteiger partial charge in [-0.2, -0.15) is 0 Å². The molecule has 1 N–H and O–H groups in total. The quantitative estimate of drug-likeness (QED) is 0.749. The Bertz CT molecular complexity index is 993. The molecule has 0 spiro atoms. The number of rotatable bonds is 4. The van der Waals surface area contributed by atoms with Crippen LogP contribution in [0.15, 0.2) is 48.5 Å². The molecular formula is C23H25N3O2. The van der Waals surface area contributed by atoms with Gasteiger partial charge in [-0.05, 0) is 42.3 Å². The number of benzene rings is 2. The lowest BCUT2D eigenvalue weighted by molar-refractivity contribution is -0.114. The first-order valence-corrected chi connectivity index (χ1v) is 9.67. The standard InChI is InChI=1S/C23H25N3O2/c1-16-3-8-21-19(15-26-9-11-28-12-10-26)14-22(25-23(21)13-16)18-4-6-20(7-5-18)24-17(2)27/h3-8,13-14H,9-12,15H2,1-2H3,(H,24,27). The SMILES string of the molecule is CC(=O)Nc1ccc(-c2cc(CN3CCOCC3)c3ccc(C)cc3n2)cc1. The average Bonchev–Trinajstić information content (AvgIpc) is 2.68. The van der Waals surface area contributed by atoms with Crippen LogP contribution in [0.4, 0.5) is 5.69 Å². The molecule has 5 heteroatoms. The van der Waals surface area contributed by atoms with E-state index in [-0.39, 0.29) is 5.91 Å². The van der Waals surface area contributed by atoms with Crippen LogP contribution in [0.2, 0.25) is 0 Å². The van der Waals surface area contributed by atoms with Crippen LogP contribution < -0.4 is 5.32 Å². The molecule has 1 aromatic heterocycles. The molecule has 28 heavy (non-hydrogen) atoms. The summed E-state index contributed by atoms with van der Waals surface area (Å²) in [6, 6.07) is 16.5. The number of aryl methyl sites for hydroxylation is 1. The Morgan fingerprint density at radius 3 is 2.57 bits per heavy atom. The van der Waals surface area contributed by atoms with Gasteiger partial charge in [-0.1, -0.05) is 24.3 Å². The van der Waals surface area contributed by atoms with Gasteiger partial charge in [0.05, 0.1) is 24.4 Å². The normalized spacial score (nSPS) is 14.9. The fraction of sp³-hybridized carbons (Fsp3) is 0.304. The fourth-order valence-electron chi connectivity index (χ4n) is 3.62. The molecule has 3 aromatic rings. The summed E-state index contributed by atoms with van der Waals surface area (Å²) in [6.45, 7) is 7.99. The Hall–Kier alpha value is -2.76. The van der Waals surface area contributed by atoms with Crippen LogP contribution >= 0.6 is 0 Å². The predicted octanol–water partition coefficient (Wildman–Crippen LogP) is 4.00. The number of carbonyl (C=O) groups is 1. The Morgan fingerprint density at radius 1 is 1.11 bits per heavy atom. The molecule has 144 valence electrons. The third-order valence-electron chi connectivity index (χ3n) is 5.05. The first-order valence-electron chi connectivity index (χ1n) is 9.67. The average molecular weight is 375 g/mol. The molecule has 2 heterocycles. The number of pyridine rings is 1. The van der Waals surface area contributed by atoms with Crippen molar-refractivity contribution in [2.45, 2.75) is 20.4 Å². The van der Waals surface area contributed by atoms with E-state index in [4.69, 9.17) is 9.72 Å². The number of carbonyl (C=O) groups excluding carboxylic acids is 1. The number of hydrogen-bond donors (Lipinski definition) is 1. The summed E-state index contributed by atoms with van der Waals surface area (Å²) in [6.07, 6.45) is 0. The second kappa shape index (κ2) is 8.09. The highest BCUT2D eigenvalue weighted by atomic mass is 16.5. The molecule has 0 saturated carbocycles. The van der Waals surface area contributed by atoms with Gasteiger partial charge in [0.15, 0.2) is 0 Å². The molecule has 1 aliphatic heterocycles. The van der Waals surface area contributed by atoms with E-state index < -0.39 is 0 Å². The highest BCUT2D eigenvalue weighted by Gasteiger charge is 2.14. The number of aromatic nitrogens is 1. The van der Waals surface area contributed by atoms with E-state index in [0.717, 1.165) is 55.3 Å². The zero-order valence-electron chi connectivity index (χ0n) is 16.4. The third kappa shape index (κ3) is 4.21. The van der Waals surface area contributed by atoms with Gasteiger partial charge in [-0.15, -0.1) is 0 Å². The monoisotopic (exact) mass is 375 g/mol. The lowest BCUT2D eigenvalue weighted by Gasteiger charge is -2.27. The van der Waals surface area contributed by atoms with Crippen LogP contribution in [0.3, 0.4) is 0 Å². The molecule has 4 rings (SSSR count). The molecule has 1 saturated heterocycles. The Morgan fingerprint density at radius 2 is 1.86 bits per heavy atom. The number of anilines is 1. The van der Waals surface area contributed by atoms with Gasteiger partial charge in [0.2, 0.25) is 5.91 Å². The van der Waals surface area contributed by atoms with E-state index in [9.17, 15) is 4.79 Å². The fourth-order valence-corrected chi connectivity index (χ4v) is 3.62. The van der Waals surface area contributed by atoms with Crippen molar-refractivity contribution in [3.8, 4) is 11.3 Å². The molecule has 0 radical (unpaired) electrons. The number of ether oxygens (including phenoxy) is 1. The van der Waals surface area contributed by atoms with Crippen molar-refractivity contribution >= 4 is 22.5 Å². The lowest BCUT2D eigenvalue weighted by atomic mass is 10.0. The summed E-state index contributed by atoms with van der Waals surface area (Å²) in [4.78, 5) is 18.6. The predicted molar refractivity (Wildman–Crippen MR) is 112 cm³/mol. The van der Waals surface area contributed by atoms with Gasteiger partial charge in [0.25, 0.3) is 0 Å². The van der Waals surface area contributed by atoms with Crippen molar-refractivity contribution in [1.29, 1.82) is 0 Å². The van der Waals surface area contributed by atoms with Crippen molar-refractivity contribution in [3.63, 3.8) is 0 Å². The minimum atomic E-state index is -0.0696. The molecule has 0 atom stereocenters. The molecular weight excluding hydrogens is 350 g/mol. The maximum absolute atomic E-state index is 11.2. The van der Waals surface area contributed by atoms with Crippen LogP contribution in [0.5, 0.6) is 0 Å². The van der Waals surface area contributed by atoms with Crippen molar-refractivity contribution < 1.29 is 9.53 Å². The molecule has 1 amide bonds. The smallest absolute Gasteiger partial charge is 0.221 e. The van der Waals surface area contributed by atoms with Gasteiger partial charge in [0, 0.05) is 43.2 Å². The van der Waals surface area contributed by atoms with E-state index >= 15 is 0 Å². The summed E-state index contributed by atoms with van der Waals surface area (Å²) in [7, 11) is 0. The molecule has 1 aliphatic rings. The van der Waals surface area contributed by atoms with Gasteiger partial charge in [0.1, 0.15) is 0 Å². The molecule has 5 nitrogen and oxygen atoms in total. The third-order valence-corrected chi connectivity index (χ3v) is 5.05. The van der Waals surface area contributed by atoms with Crippen LogP contribution in [-0.4, -0.2) is 42.1 Å². The Balaban J connectivity index is 1.72. The van der Waals surface area contributed by atoms with E-state index in [2.05, 4.69) is 41.4 Å². The number of nitrogens with one attached hydrogen (secondary N) is 1. The van der Waals surface area contributed by atoms with Crippen LogP contribution in [0.1, 0.15) is 18.1 Å². The van der Waals surface area contributed by atoms with E-state index in [1.165, 1.54) is 23.4 Å². The summed E-state index contributed by atoms with van der Waals surface area (Å²) >= 11 is 0. The maximum atomic E-state index is 11.2. The second-order valence-corrected chi connectivity index (χ2v) is 7.33. The minimum Gasteiger partial charge on any atom is -0.379 e. The van der Waals surface area contributed by atoms with Crippen LogP contribution in [0, 0.1) is 6.92 Å². The molecule has 0 unspecified atom stereocenters. The summed E-state index contributed by atoms with van der Waals surface area (Å²) < 4.78 is 5.49. The Kier molecular flexibility index (Phi) is 5.37. The molecule has 0 bridgehead atoms. The van der Waals surface area contributed by atoms with Crippen LogP contribution in [0.25, 0.3) is 22.2 Å². The maximum Gasteiger partial charge on any atom is 0.221 e. The first kappa shape index (κ1) is 18.6. The van der Waals surface area contributed by atoms with Gasteiger partial charge in [-0.25, -0.2) is 4.98 Å². The van der Waals surface area contributed by atoms with Gasteiger partial charge < -0.3 is 10.1 Å². The van der Waals surface area contributed by atoms with Crippen molar-refractivity contribution in [3.05, 3.63) is 59.7 Å². The van der Waals surface area contributed by atoms with E-state index in [1.54, 1.807) is 0 Å². The number of morpholine rings is 1.